The number of carbonyl (C=O) groups is 2. The predicted octanol–water partition coefficient (Wildman–Crippen LogP) is 2.67. The molecule has 0 aliphatic heterocycles. The van der Waals surface area contributed by atoms with Crippen molar-refractivity contribution >= 4 is 23.2 Å². The van der Waals surface area contributed by atoms with E-state index in [4.69, 9.17) is 0 Å². The molecule has 6 nitrogen and oxygen atoms in total. The van der Waals surface area contributed by atoms with Gasteiger partial charge in [0.1, 0.15) is 0 Å². The molecule has 2 atom stereocenters. The monoisotopic (exact) mass is 410 g/mol. The first-order valence-electron chi connectivity index (χ1n) is 9.15. The molecule has 1 aromatic heterocycles. The van der Waals surface area contributed by atoms with Crippen LogP contribution in [0.2, 0.25) is 0 Å². The van der Waals surface area contributed by atoms with E-state index >= 15 is 0 Å². The van der Waals surface area contributed by atoms with Gasteiger partial charge < -0.3 is 20.8 Å². The van der Waals surface area contributed by atoms with Crippen LogP contribution in [0, 0.1) is 0 Å². The van der Waals surface area contributed by atoms with Crippen molar-refractivity contribution in [2.24, 2.45) is 0 Å². The lowest BCUT2D eigenvalue weighted by Gasteiger charge is -2.16. The summed E-state index contributed by atoms with van der Waals surface area (Å²) in [6.45, 7) is -0.465. The van der Waals surface area contributed by atoms with E-state index in [1.54, 1.807) is 12.1 Å². The molecule has 0 radical (unpaired) electrons. The summed E-state index contributed by atoms with van der Waals surface area (Å²) in [7, 11) is 0. The van der Waals surface area contributed by atoms with Crippen molar-refractivity contribution in [1.82, 2.24) is 10.6 Å². The van der Waals surface area contributed by atoms with Crippen molar-refractivity contribution in [2.75, 3.05) is 13.2 Å². The minimum atomic E-state index is -0.528. The van der Waals surface area contributed by atoms with E-state index in [1.165, 1.54) is 0 Å². The maximum absolute atomic E-state index is 12.5. The third-order valence-corrected chi connectivity index (χ3v) is 5.52. The molecule has 7 heteroatoms. The summed E-state index contributed by atoms with van der Waals surface area (Å²) in [6.07, 6.45) is 0. The molecule has 1 heterocycles. The van der Waals surface area contributed by atoms with Crippen LogP contribution in [0.25, 0.3) is 0 Å². The molecule has 0 fully saturated rings. The Balaban J connectivity index is 1.66. The average molecular weight is 410 g/mol. The molecule has 0 spiro atoms. The Kier molecular flexibility index (Phi) is 7.13. The van der Waals surface area contributed by atoms with Gasteiger partial charge >= 0.3 is 0 Å². The Labute approximate surface area is 172 Å². The Hall–Kier alpha value is -3.00. The Morgan fingerprint density at radius 2 is 1.07 bits per heavy atom. The van der Waals surface area contributed by atoms with Gasteiger partial charge in [-0.2, -0.15) is 0 Å². The molecule has 2 aromatic carbocycles. The Morgan fingerprint density at radius 3 is 1.41 bits per heavy atom. The van der Waals surface area contributed by atoms with Gasteiger partial charge in [-0.05, 0) is 23.3 Å². The van der Waals surface area contributed by atoms with E-state index in [9.17, 15) is 19.8 Å². The van der Waals surface area contributed by atoms with Crippen LogP contribution in [0.3, 0.4) is 0 Å². The van der Waals surface area contributed by atoms with Gasteiger partial charge in [0.25, 0.3) is 11.8 Å². The largest absolute Gasteiger partial charge is 0.394 e. The van der Waals surface area contributed by atoms with Crippen molar-refractivity contribution in [1.29, 1.82) is 0 Å². The van der Waals surface area contributed by atoms with E-state index in [0.29, 0.717) is 9.75 Å². The highest BCUT2D eigenvalue weighted by molar-refractivity contribution is 7.15. The van der Waals surface area contributed by atoms with Gasteiger partial charge in [-0.3, -0.25) is 9.59 Å². The summed E-state index contributed by atoms with van der Waals surface area (Å²) >= 11 is 1.06. The van der Waals surface area contributed by atoms with Crippen LogP contribution in [-0.2, 0) is 0 Å². The number of rotatable bonds is 8. The summed E-state index contributed by atoms with van der Waals surface area (Å²) in [4.78, 5) is 25.8. The van der Waals surface area contributed by atoms with Gasteiger partial charge in [0.05, 0.1) is 35.1 Å². The number of hydrogen-bond donors (Lipinski definition) is 4. The zero-order valence-electron chi connectivity index (χ0n) is 15.6. The highest BCUT2D eigenvalue weighted by Gasteiger charge is 2.20. The molecule has 3 aromatic rings. The summed E-state index contributed by atoms with van der Waals surface area (Å²) in [6, 6.07) is 20.5. The molecule has 0 saturated heterocycles. The van der Waals surface area contributed by atoms with Crippen LogP contribution >= 0.6 is 11.3 Å². The van der Waals surface area contributed by atoms with E-state index in [2.05, 4.69) is 10.6 Å². The minimum Gasteiger partial charge on any atom is -0.394 e. The molecule has 0 saturated carbocycles. The second-order valence-electron chi connectivity index (χ2n) is 6.40. The molecular weight excluding hydrogens is 388 g/mol. The normalized spacial score (nSPS) is 12.8. The Morgan fingerprint density at radius 1 is 0.690 bits per heavy atom. The van der Waals surface area contributed by atoms with Gasteiger partial charge in [0, 0.05) is 0 Å². The first-order valence-corrected chi connectivity index (χ1v) is 9.97. The van der Waals surface area contributed by atoms with Gasteiger partial charge in [0.2, 0.25) is 0 Å². The van der Waals surface area contributed by atoms with Gasteiger partial charge in [-0.25, -0.2) is 0 Å². The standard InChI is InChI=1S/C22H22N2O4S/c25-13-17(15-7-3-1-4-8-15)23-21(27)19-11-12-20(29-19)22(28)24-18(14-26)16-9-5-2-6-10-16/h1-12,17-18,25-26H,13-14H2,(H,23,27)(H,24,28)/t17-,18-/m0/s1. The van der Waals surface area contributed by atoms with Gasteiger partial charge in [-0.1, -0.05) is 60.7 Å². The van der Waals surface area contributed by atoms with Crippen LogP contribution in [0.15, 0.2) is 72.8 Å². The fraction of sp³-hybridized carbons (Fsp3) is 0.182. The molecule has 0 unspecified atom stereocenters. The lowest BCUT2D eigenvalue weighted by molar-refractivity contribution is 0.0914. The fourth-order valence-corrected chi connectivity index (χ4v) is 3.69. The van der Waals surface area contributed by atoms with Crippen molar-refractivity contribution < 1.29 is 19.8 Å². The minimum absolute atomic E-state index is 0.232. The summed E-state index contributed by atoms with van der Waals surface area (Å²) in [5.41, 5.74) is 1.60. The molecule has 29 heavy (non-hydrogen) atoms. The highest BCUT2D eigenvalue weighted by atomic mass is 32.1. The summed E-state index contributed by atoms with van der Waals surface area (Å²) in [5, 5.41) is 24.8. The van der Waals surface area contributed by atoms with E-state index in [1.807, 2.05) is 60.7 Å². The first kappa shape index (κ1) is 20.7. The number of benzene rings is 2. The molecule has 0 aliphatic rings. The SMILES string of the molecule is O=C(N[C@@H](CO)c1ccccc1)c1ccc(C(=O)N[C@@H](CO)c2ccccc2)s1. The third kappa shape index (κ3) is 5.29. The van der Waals surface area contributed by atoms with Crippen molar-refractivity contribution in [2.45, 2.75) is 12.1 Å². The van der Waals surface area contributed by atoms with E-state index in [-0.39, 0.29) is 25.0 Å². The Bertz CT molecular complexity index is 868. The van der Waals surface area contributed by atoms with Gasteiger partial charge in [-0.15, -0.1) is 11.3 Å². The third-order valence-electron chi connectivity index (χ3n) is 4.43. The van der Waals surface area contributed by atoms with Crippen LogP contribution < -0.4 is 10.6 Å². The zero-order chi connectivity index (χ0) is 20.6. The summed E-state index contributed by atoms with van der Waals surface area (Å²) in [5.74, 6) is -0.725. The number of amides is 2. The van der Waals surface area contributed by atoms with E-state index < -0.39 is 12.1 Å². The molecule has 0 aliphatic carbocycles. The number of nitrogens with one attached hydrogen (secondary N) is 2. The molecular formula is C22H22N2O4S. The van der Waals surface area contributed by atoms with Crippen molar-refractivity contribution in [3.8, 4) is 0 Å². The number of carbonyl (C=O) groups excluding carboxylic acids is 2. The zero-order valence-corrected chi connectivity index (χ0v) is 16.4. The number of aliphatic hydroxyl groups is 2. The van der Waals surface area contributed by atoms with Crippen molar-refractivity contribution in [3.63, 3.8) is 0 Å². The van der Waals surface area contributed by atoms with E-state index in [0.717, 1.165) is 22.5 Å². The smallest absolute Gasteiger partial charge is 0.261 e. The van der Waals surface area contributed by atoms with Crippen LogP contribution in [0.1, 0.15) is 42.6 Å². The van der Waals surface area contributed by atoms with Gasteiger partial charge in [0.15, 0.2) is 0 Å². The summed E-state index contributed by atoms with van der Waals surface area (Å²) < 4.78 is 0. The van der Waals surface area contributed by atoms with Crippen LogP contribution in [0.5, 0.6) is 0 Å². The number of hydrogen-bond acceptors (Lipinski definition) is 5. The average Bonchev–Trinajstić information content (AvgIpc) is 3.27. The predicted molar refractivity (Wildman–Crippen MR) is 112 cm³/mol. The van der Waals surface area contributed by atoms with Crippen LogP contribution in [-0.4, -0.2) is 35.2 Å². The maximum atomic E-state index is 12.5. The van der Waals surface area contributed by atoms with Crippen molar-refractivity contribution in [3.05, 3.63) is 93.7 Å². The molecule has 4 N–H and O–H groups in total. The first-order chi connectivity index (χ1) is 14.1. The fourth-order valence-electron chi connectivity index (χ4n) is 2.88. The molecule has 0 bridgehead atoms. The second kappa shape index (κ2) is 9.97. The van der Waals surface area contributed by atoms with Crippen LogP contribution in [0.4, 0.5) is 0 Å². The lowest BCUT2D eigenvalue weighted by Crippen LogP contribution is -2.30. The molecule has 150 valence electrons. The second-order valence-corrected chi connectivity index (χ2v) is 7.49. The molecule has 3 rings (SSSR count). The topological polar surface area (TPSA) is 98.7 Å². The quantitative estimate of drug-likeness (QED) is 0.459. The maximum Gasteiger partial charge on any atom is 0.261 e. The highest BCUT2D eigenvalue weighted by Crippen LogP contribution is 2.20. The number of thiophene rings is 1. The lowest BCUT2D eigenvalue weighted by atomic mass is 10.1. The molecule has 2 amide bonds. The number of aliphatic hydroxyl groups excluding tert-OH is 2.